The molecular formula is C39H63NO8. The molecule has 8 fully saturated rings. The van der Waals surface area contributed by atoms with Gasteiger partial charge in [0.1, 0.15) is 0 Å². The SMILES string of the molecule is CC(=O)O[C@@H]([C@H]1C[C@@H](C)[C@H]2[C@H](O1)[C@H](O)[C@@]1(C)[C@@H]3CC[C@H]4C(C)(C)C(O[C@H]5CN(C6COC6)CCO5)CC[C@@]45CC35CC[C@]21C)C(C)(C)O. The highest BCUT2D eigenvalue weighted by atomic mass is 16.7. The molecule has 0 aromatic heterocycles. The summed E-state index contributed by atoms with van der Waals surface area (Å²) in [6.07, 6.45) is 6.76. The fourth-order valence-corrected chi connectivity index (χ4v) is 14.3. The predicted molar refractivity (Wildman–Crippen MR) is 179 cm³/mol. The maximum Gasteiger partial charge on any atom is 0.303 e. The fourth-order valence-electron chi connectivity index (χ4n) is 14.3. The number of aliphatic hydroxyl groups excluding tert-OH is 1. The molecule has 0 aromatic carbocycles. The van der Waals surface area contributed by atoms with Crippen LogP contribution in [-0.4, -0.2) is 102 Å². The lowest BCUT2D eigenvalue weighted by molar-refractivity contribution is -0.256. The smallest absolute Gasteiger partial charge is 0.303 e. The summed E-state index contributed by atoms with van der Waals surface area (Å²) in [5.41, 5.74) is -0.943. The Bertz CT molecular complexity index is 1280. The average Bonchev–Trinajstić information content (AvgIpc) is 3.61. The van der Waals surface area contributed by atoms with E-state index < -0.39 is 29.9 Å². The van der Waals surface area contributed by atoms with Gasteiger partial charge in [0.05, 0.1) is 62.4 Å². The minimum atomic E-state index is -1.25. The van der Waals surface area contributed by atoms with Crippen LogP contribution in [0.25, 0.3) is 0 Å². The third-order valence-electron chi connectivity index (χ3n) is 16.6. The van der Waals surface area contributed by atoms with Crippen LogP contribution in [0.5, 0.6) is 0 Å². The Morgan fingerprint density at radius 3 is 2.40 bits per heavy atom. The van der Waals surface area contributed by atoms with Crippen molar-refractivity contribution in [3.05, 3.63) is 0 Å². The van der Waals surface area contributed by atoms with Crippen molar-refractivity contribution in [1.29, 1.82) is 0 Å². The van der Waals surface area contributed by atoms with Gasteiger partial charge in [-0.15, -0.1) is 0 Å². The second-order valence-electron chi connectivity index (χ2n) is 19.3. The molecule has 9 heteroatoms. The molecule has 8 rings (SSSR count). The number of ether oxygens (including phenoxy) is 5. The van der Waals surface area contributed by atoms with Gasteiger partial charge < -0.3 is 33.9 Å². The summed E-state index contributed by atoms with van der Waals surface area (Å²) in [5, 5.41) is 23.6. The zero-order chi connectivity index (χ0) is 34.2. The number of morpholine rings is 1. The Balaban J connectivity index is 1.03. The molecule has 272 valence electrons. The van der Waals surface area contributed by atoms with E-state index in [0.717, 1.165) is 52.2 Å². The molecule has 0 amide bonds. The van der Waals surface area contributed by atoms with Gasteiger partial charge >= 0.3 is 5.97 Å². The summed E-state index contributed by atoms with van der Waals surface area (Å²) in [5.74, 6) is 1.12. The first-order valence-electron chi connectivity index (χ1n) is 19.3. The molecule has 3 aliphatic heterocycles. The lowest BCUT2D eigenvalue weighted by Gasteiger charge is -2.64. The standard InChI is InChI=1S/C39H63NO8/c1-22-17-25(33(35(5,6)43)46-23(2)41)47-31-30(22)36(7)13-14-39-21-38(39)12-11-28(48-29-18-40(15-16-45-29)24-19-44-20-24)34(3,4)26(38)9-10-27(39)37(36,8)32(31)42/h22,24-33,42-43H,9-21H2,1-8H3/t22-,25-,26+,27+,28?,29+,30+,31+,32+,33+,36-,37-,38-,39?/m1/s1. The summed E-state index contributed by atoms with van der Waals surface area (Å²) in [6.45, 7) is 21.0. The lowest BCUT2D eigenvalue weighted by atomic mass is 9.41. The van der Waals surface area contributed by atoms with E-state index in [1.807, 2.05) is 0 Å². The Kier molecular flexibility index (Phi) is 7.93. The maximum absolute atomic E-state index is 12.6. The average molecular weight is 674 g/mol. The van der Waals surface area contributed by atoms with Crippen molar-refractivity contribution in [2.24, 2.45) is 50.7 Å². The summed E-state index contributed by atoms with van der Waals surface area (Å²) in [4.78, 5) is 14.6. The van der Waals surface area contributed by atoms with Gasteiger partial charge in [-0.1, -0.05) is 34.6 Å². The second-order valence-corrected chi connectivity index (χ2v) is 19.3. The van der Waals surface area contributed by atoms with Crippen molar-refractivity contribution >= 4 is 5.97 Å². The molecule has 5 saturated carbocycles. The van der Waals surface area contributed by atoms with Crippen LogP contribution in [0.1, 0.15) is 107 Å². The van der Waals surface area contributed by atoms with E-state index in [9.17, 15) is 15.0 Å². The summed E-state index contributed by atoms with van der Waals surface area (Å²) in [6, 6.07) is 0.508. The van der Waals surface area contributed by atoms with Gasteiger partial charge in [-0.3, -0.25) is 9.69 Å². The molecule has 9 nitrogen and oxygen atoms in total. The largest absolute Gasteiger partial charge is 0.457 e. The molecule has 2 spiro atoms. The number of carbonyl (C=O) groups excluding carboxylic acids is 1. The minimum absolute atomic E-state index is 0.0504. The highest BCUT2D eigenvalue weighted by molar-refractivity contribution is 5.66. The highest BCUT2D eigenvalue weighted by Gasteiger charge is 2.84. The van der Waals surface area contributed by atoms with Crippen molar-refractivity contribution in [2.45, 2.75) is 155 Å². The van der Waals surface area contributed by atoms with Crippen molar-refractivity contribution in [3.8, 4) is 0 Å². The summed E-state index contributed by atoms with van der Waals surface area (Å²) in [7, 11) is 0. The van der Waals surface area contributed by atoms with Gasteiger partial charge in [0.15, 0.2) is 12.4 Å². The first-order chi connectivity index (χ1) is 22.5. The van der Waals surface area contributed by atoms with E-state index in [0.29, 0.717) is 29.7 Å². The molecule has 5 aliphatic carbocycles. The molecule has 2 unspecified atom stereocenters. The molecule has 48 heavy (non-hydrogen) atoms. The quantitative estimate of drug-likeness (QED) is 0.379. The molecule has 8 aliphatic rings. The molecule has 14 atom stereocenters. The maximum atomic E-state index is 12.6. The molecule has 0 aromatic rings. The zero-order valence-corrected chi connectivity index (χ0v) is 30.8. The van der Waals surface area contributed by atoms with E-state index in [-0.39, 0.29) is 52.0 Å². The van der Waals surface area contributed by atoms with Crippen LogP contribution in [0.15, 0.2) is 0 Å². The van der Waals surface area contributed by atoms with Crippen molar-refractivity contribution in [2.75, 3.05) is 32.9 Å². The van der Waals surface area contributed by atoms with Gasteiger partial charge in [0.25, 0.3) is 0 Å². The highest BCUT2D eigenvalue weighted by Crippen LogP contribution is 2.89. The molecule has 3 saturated heterocycles. The van der Waals surface area contributed by atoms with E-state index in [2.05, 4.69) is 39.5 Å². The number of aliphatic hydroxyl groups is 2. The van der Waals surface area contributed by atoms with Crippen molar-refractivity contribution in [3.63, 3.8) is 0 Å². The molecule has 2 N–H and O–H groups in total. The van der Waals surface area contributed by atoms with Crippen LogP contribution in [0, 0.1) is 50.7 Å². The third-order valence-corrected chi connectivity index (χ3v) is 16.6. The van der Waals surface area contributed by atoms with Crippen LogP contribution < -0.4 is 0 Å². The zero-order valence-electron chi connectivity index (χ0n) is 30.8. The van der Waals surface area contributed by atoms with Gasteiger partial charge in [-0.2, -0.15) is 0 Å². The van der Waals surface area contributed by atoms with Crippen LogP contribution in [0.4, 0.5) is 0 Å². The third kappa shape index (κ3) is 4.55. The van der Waals surface area contributed by atoms with Gasteiger partial charge in [0, 0.05) is 18.9 Å². The molecular weight excluding hydrogens is 610 g/mol. The predicted octanol–water partition coefficient (Wildman–Crippen LogP) is 4.94. The van der Waals surface area contributed by atoms with Crippen LogP contribution in [-0.2, 0) is 28.5 Å². The van der Waals surface area contributed by atoms with E-state index in [1.54, 1.807) is 13.8 Å². The first-order valence-corrected chi connectivity index (χ1v) is 19.3. The Labute approximate surface area is 288 Å². The summed E-state index contributed by atoms with van der Waals surface area (Å²) >= 11 is 0. The normalized spacial score (nSPS) is 52.1. The van der Waals surface area contributed by atoms with Crippen LogP contribution in [0.3, 0.4) is 0 Å². The second kappa shape index (κ2) is 11.1. The number of esters is 1. The first kappa shape index (κ1) is 34.3. The van der Waals surface area contributed by atoms with E-state index in [1.165, 1.54) is 32.6 Å². The Morgan fingerprint density at radius 1 is 1.02 bits per heavy atom. The Morgan fingerprint density at radius 2 is 1.73 bits per heavy atom. The topological polar surface area (TPSA) is 107 Å². The fraction of sp³-hybridized carbons (Fsp3) is 0.974. The molecule has 0 radical (unpaired) electrons. The van der Waals surface area contributed by atoms with Gasteiger partial charge in [-0.05, 0) is 111 Å². The van der Waals surface area contributed by atoms with Gasteiger partial charge in [0.2, 0.25) is 0 Å². The van der Waals surface area contributed by atoms with Crippen molar-refractivity contribution in [1.82, 2.24) is 4.90 Å². The van der Waals surface area contributed by atoms with Crippen molar-refractivity contribution < 1.29 is 38.7 Å². The lowest BCUT2D eigenvalue weighted by Crippen LogP contribution is -2.60. The molecule has 0 bridgehead atoms. The van der Waals surface area contributed by atoms with Crippen LogP contribution >= 0.6 is 0 Å². The number of rotatable bonds is 6. The van der Waals surface area contributed by atoms with Crippen LogP contribution in [0.2, 0.25) is 0 Å². The molecule has 3 heterocycles. The monoisotopic (exact) mass is 673 g/mol. The number of nitrogens with zero attached hydrogens (tertiary/aromatic N) is 1. The minimum Gasteiger partial charge on any atom is -0.457 e. The summed E-state index contributed by atoms with van der Waals surface area (Å²) < 4.78 is 31.1. The number of fused-ring (bicyclic) bond motifs is 4. The number of carbonyl (C=O) groups is 1. The van der Waals surface area contributed by atoms with E-state index >= 15 is 0 Å². The number of hydrogen-bond donors (Lipinski definition) is 2. The van der Waals surface area contributed by atoms with E-state index in [4.69, 9.17) is 23.7 Å². The number of hydrogen-bond acceptors (Lipinski definition) is 9. The Hall–Kier alpha value is -0.810. The van der Waals surface area contributed by atoms with Gasteiger partial charge in [-0.25, -0.2) is 0 Å².